The van der Waals surface area contributed by atoms with Crippen molar-refractivity contribution in [2.45, 2.75) is 6.61 Å². The zero-order valence-corrected chi connectivity index (χ0v) is 12.7. The SMILES string of the molecule is NC(=S)N/N=C/c1cccc(OCc2ccc(Cl)cc2)c1. The number of ether oxygens (including phenoxy) is 1. The summed E-state index contributed by atoms with van der Waals surface area (Å²) in [4.78, 5) is 0. The van der Waals surface area contributed by atoms with Gasteiger partial charge >= 0.3 is 0 Å². The fourth-order valence-corrected chi connectivity index (χ4v) is 1.78. The van der Waals surface area contributed by atoms with Crippen molar-refractivity contribution in [3.8, 4) is 5.75 Å². The normalized spacial score (nSPS) is 10.5. The highest BCUT2D eigenvalue weighted by atomic mass is 35.5. The third-order valence-corrected chi connectivity index (χ3v) is 2.91. The van der Waals surface area contributed by atoms with Crippen LogP contribution < -0.4 is 15.9 Å². The first-order valence-electron chi connectivity index (χ1n) is 6.19. The lowest BCUT2D eigenvalue weighted by Gasteiger charge is -2.07. The predicted octanol–water partition coefficient (Wildman–Crippen LogP) is 3.09. The Morgan fingerprint density at radius 3 is 2.76 bits per heavy atom. The molecule has 4 nitrogen and oxygen atoms in total. The predicted molar refractivity (Wildman–Crippen MR) is 89.7 cm³/mol. The van der Waals surface area contributed by atoms with Gasteiger partial charge in [-0.1, -0.05) is 35.9 Å². The van der Waals surface area contributed by atoms with Crippen LogP contribution in [0.5, 0.6) is 5.75 Å². The average Bonchev–Trinajstić information content (AvgIpc) is 2.47. The van der Waals surface area contributed by atoms with Gasteiger partial charge in [0.2, 0.25) is 0 Å². The molecule has 0 heterocycles. The number of hydrogen-bond donors (Lipinski definition) is 2. The van der Waals surface area contributed by atoms with E-state index in [0.717, 1.165) is 16.9 Å². The standard InChI is InChI=1S/C15H14ClN3OS/c16-13-6-4-11(5-7-13)10-20-14-3-1-2-12(8-14)9-18-19-15(17)21/h1-9H,10H2,(H3,17,19,21)/b18-9+. The second-order valence-corrected chi connectivity index (χ2v) is 5.10. The molecular formula is C15H14ClN3OS. The van der Waals surface area contributed by atoms with Crippen LogP contribution in [-0.4, -0.2) is 11.3 Å². The van der Waals surface area contributed by atoms with Crippen molar-refractivity contribution in [3.05, 3.63) is 64.7 Å². The molecule has 0 aromatic heterocycles. The van der Waals surface area contributed by atoms with E-state index in [9.17, 15) is 0 Å². The van der Waals surface area contributed by atoms with Gasteiger partial charge in [0.15, 0.2) is 5.11 Å². The van der Waals surface area contributed by atoms with Gasteiger partial charge < -0.3 is 10.5 Å². The van der Waals surface area contributed by atoms with Crippen LogP contribution in [0.2, 0.25) is 5.02 Å². The summed E-state index contributed by atoms with van der Waals surface area (Å²) in [5.41, 5.74) is 9.72. The fraction of sp³-hybridized carbons (Fsp3) is 0.0667. The summed E-state index contributed by atoms with van der Waals surface area (Å²) in [6, 6.07) is 15.1. The number of nitrogens with two attached hydrogens (primary N) is 1. The van der Waals surface area contributed by atoms with Gasteiger partial charge in [-0.05, 0) is 47.6 Å². The molecule has 0 aliphatic rings. The van der Waals surface area contributed by atoms with E-state index < -0.39 is 0 Å². The van der Waals surface area contributed by atoms with Crippen molar-refractivity contribution in [1.29, 1.82) is 0 Å². The number of hydrazone groups is 1. The second kappa shape index (κ2) is 7.61. The quantitative estimate of drug-likeness (QED) is 0.505. The maximum absolute atomic E-state index is 5.84. The molecule has 2 rings (SSSR count). The summed E-state index contributed by atoms with van der Waals surface area (Å²) in [7, 11) is 0. The maximum atomic E-state index is 5.84. The molecule has 0 bridgehead atoms. The zero-order chi connectivity index (χ0) is 15.1. The first kappa shape index (κ1) is 15.3. The monoisotopic (exact) mass is 319 g/mol. The van der Waals surface area contributed by atoms with Crippen LogP contribution in [-0.2, 0) is 6.61 Å². The van der Waals surface area contributed by atoms with Crippen LogP contribution >= 0.6 is 23.8 Å². The van der Waals surface area contributed by atoms with E-state index in [4.69, 9.17) is 22.1 Å². The van der Waals surface area contributed by atoms with Crippen LogP contribution in [0, 0.1) is 0 Å². The van der Waals surface area contributed by atoms with Crippen molar-refractivity contribution in [1.82, 2.24) is 5.43 Å². The van der Waals surface area contributed by atoms with Gasteiger partial charge in [0.25, 0.3) is 0 Å². The molecule has 2 aromatic carbocycles. The highest BCUT2D eigenvalue weighted by Crippen LogP contribution is 2.15. The van der Waals surface area contributed by atoms with E-state index in [0.29, 0.717) is 11.6 Å². The molecule has 3 N–H and O–H groups in total. The highest BCUT2D eigenvalue weighted by molar-refractivity contribution is 7.80. The average molecular weight is 320 g/mol. The molecule has 0 unspecified atom stereocenters. The first-order chi connectivity index (χ1) is 10.1. The number of nitrogens with zero attached hydrogens (tertiary/aromatic N) is 1. The smallest absolute Gasteiger partial charge is 0.184 e. The number of benzene rings is 2. The molecule has 21 heavy (non-hydrogen) atoms. The lowest BCUT2D eigenvalue weighted by Crippen LogP contribution is -2.23. The van der Waals surface area contributed by atoms with E-state index in [1.165, 1.54) is 0 Å². The Morgan fingerprint density at radius 1 is 1.29 bits per heavy atom. The third-order valence-electron chi connectivity index (χ3n) is 2.57. The van der Waals surface area contributed by atoms with Crippen molar-refractivity contribution in [2.24, 2.45) is 10.8 Å². The van der Waals surface area contributed by atoms with Crippen LogP contribution in [0.1, 0.15) is 11.1 Å². The van der Waals surface area contributed by atoms with Gasteiger partial charge in [-0.2, -0.15) is 5.10 Å². The maximum Gasteiger partial charge on any atom is 0.184 e. The molecule has 0 radical (unpaired) electrons. The summed E-state index contributed by atoms with van der Waals surface area (Å²) >= 11 is 10.5. The van der Waals surface area contributed by atoms with Crippen molar-refractivity contribution in [2.75, 3.05) is 0 Å². The highest BCUT2D eigenvalue weighted by Gasteiger charge is 1.97. The van der Waals surface area contributed by atoms with E-state index in [-0.39, 0.29) is 5.11 Å². The minimum Gasteiger partial charge on any atom is -0.489 e. The fourth-order valence-electron chi connectivity index (χ4n) is 1.60. The van der Waals surface area contributed by atoms with Gasteiger partial charge in [-0.3, -0.25) is 5.43 Å². The Labute approximate surface area is 133 Å². The molecule has 0 saturated carbocycles. The minimum absolute atomic E-state index is 0.126. The van der Waals surface area contributed by atoms with Crippen molar-refractivity contribution >= 4 is 35.1 Å². The first-order valence-corrected chi connectivity index (χ1v) is 6.98. The Kier molecular flexibility index (Phi) is 5.54. The molecule has 0 amide bonds. The summed E-state index contributed by atoms with van der Waals surface area (Å²) in [6.07, 6.45) is 1.62. The van der Waals surface area contributed by atoms with E-state index in [2.05, 4.69) is 22.7 Å². The molecule has 0 fully saturated rings. The summed E-state index contributed by atoms with van der Waals surface area (Å²) < 4.78 is 5.72. The lowest BCUT2D eigenvalue weighted by atomic mass is 10.2. The number of rotatable bonds is 5. The molecule has 0 saturated heterocycles. The second-order valence-electron chi connectivity index (χ2n) is 4.22. The molecular weight excluding hydrogens is 306 g/mol. The Balaban J connectivity index is 1.96. The van der Waals surface area contributed by atoms with Gasteiger partial charge in [0.05, 0.1) is 6.21 Å². The largest absolute Gasteiger partial charge is 0.489 e. The number of hydrogen-bond acceptors (Lipinski definition) is 3. The molecule has 108 valence electrons. The van der Waals surface area contributed by atoms with Gasteiger partial charge in [-0.25, -0.2) is 0 Å². The van der Waals surface area contributed by atoms with E-state index in [1.54, 1.807) is 6.21 Å². The molecule has 0 spiro atoms. The molecule has 6 heteroatoms. The van der Waals surface area contributed by atoms with Crippen molar-refractivity contribution in [3.63, 3.8) is 0 Å². The Hall–Kier alpha value is -2.11. The van der Waals surface area contributed by atoms with Crippen LogP contribution in [0.25, 0.3) is 0 Å². The molecule has 0 aliphatic carbocycles. The van der Waals surface area contributed by atoms with Crippen LogP contribution in [0.3, 0.4) is 0 Å². The summed E-state index contributed by atoms with van der Waals surface area (Å²) in [6.45, 7) is 0.475. The summed E-state index contributed by atoms with van der Waals surface area (Å²) in [5.74, 6) is 0.754. The van der Waals surface area contributed by atoms with Crippen LogP contribution in [0.4, 0.5) is 0 Å². The molecule has 0 aliphatic heterocycles. The zero-order valence-electron chi connectivity index (χ0n) is 11.1. The van der Waals surface area contributed by atoms with Gasteiger partial charge in [-0.15, -0.1) is 0 Å². The van der Waals surface area contributed by atoms with E-state index >= 15 is 0 Å². The van der Waals surface area contributed by atoms with Gasteiger partial charge in [0.1, 0.15) is 12.4 Å². The minimum atomic E-state index is 0.126. The van der Waals surface area contributed by atoms with Crippen LogP contribution in [0.15, 0.2) is 53.6 Å². The summed E-state index contributed by atoms with van der Waals surface area (Å²) in [5, 5.41) is 4.74. The van der Waals surface area contributed by atoms with Crippen molar-refractivity contribution < 1.29 is 4.74 Å². The number of thiocarbonyl (C=S) groups is 1. The van der Waals surface area contributed by atoms with E-state index in [1.807, 2.05) is 48.5 Å². The number of halogens is 1. The molecule has 0 atom stereocenters. The molecule has 2 aromatic rings. The topological polar surface area (TPSA) is 59.6 Å². The Bertz CT molecular complexity index is 644. The lowest BCUT2D eigenvalue weighted by molar-refractivity contribution is 0.306. The van der Waals surface area contributed by atoms with Gasteiger partial charge in [0, 0.05) is 5.02 Å². The number of nitrogens with one attached hydrogen (secondary N) is 1. The Morgan fingerprint density at radius 2 is 2.05 bits per heavy atom. The third kappa shape index (κ3) is 5.41.